The molecule has 6 nitrogen and oxygen atoms in total. The van der Waals surface area contributed by atoms with Crippen LogP contribution in [0.5, 0.6) is 0 Å². The van der Waals surface area contributed by atoms with Crippen molar-refractivity contribution in [2.75, 3.05) is 11.4 Å². The monoisotopic (exact) mass is 243 g/mol. The predicted octanol–water partition coefficient (Wildman–Crippen LogP) is -0.284. The number of aromatic amines is 2. The first-order valence-corrected chi connectivity index (χ1v) is 5.20. The van der Waals surface area contributed by atoms with Crippen LogP contribution < -0.4 is 16.1 Å². The zero-order chi connectivity index (χ0) is 11.9. The SMILES string of the molecule is Cc1[nH]c(=O)[nH]c(=O)c1N1CC(Cl)CC1=O. The summed E-state index contributed by atoms with van der Waals surface area (Å²) in [5.41, 5.74) is -0.610. The smallest absolute Gasteiger partial charge is 0.309 e. The van der Waals surface area contributed by atoms with Crippen molar-refractivity contribution in [1.29, 1.82) is 0 Å². The van der Waals surface area contributed by atoms with Crippen molar-refractivity contribution in [3.63, 3.8) is 0 Å². The number of carbonyl (C=O) groups is 1. The number of H-pyrrole nitrogens is 2. The zero-order valence-corrected chi connectivity index (χ0v) is 9.30. The van der Waals surface area contributed by atoms with E-state index in [4.69, 9.17) is 11.6 Å². The van der Waals surface area contributed by atoms with E-state index in [0.29, 0.717) is 5.69 Å². The van der Waals surface area contributed by atoms with Gasteiger partial charge in [-0.2, -0.15) is 0 Å². The molecule has 16 heavy (non-hydrogen) atoms. The summed E-state index contributed by atoms with van der Waals surface area (Å²) in [6.45, 7) is 1.86. The van der Waals surface area contributed by atoms with Gasteiger partial charge in [0.1, 0.15) is 5.69 Å². The number of hydrogen-bond acceptors (Lipinski definition) is 3. The Kier molecular flexibility index (Phi) is 2.59. The van der Waals surface area contributed by atoms with E-state index < -0.39 is 11.2 Å². The second kappa shape index (κ2) is 3.79. The molecule has 2 heterocycles. The van der Waals surface area contributed by atoms with Crippen molar-refractivity contribution in [2.45, 2.75) is 18.7 Å². The second-order valence-electron chi connectivity index (χ2n) is 3.69. The first-order valence-electron chi connectivity index (χ1n) is 4.76. The number of alkyl halides is 1. The molecule has 2 N–H and O–H groups in total. The predicted molar refractivity (Wildman–Crippen MR) is 59.0 cm³/mol. The number of nitrogens with zero attached hydrogens (tertiary/aromatic N) is 1. The molecule has 1 aliphatic heterocycles. The second-order valence-corrected chi connectivity index (χ2v) is 4.30. The number of halogens is 1. The van der Waals surface area contributed by atoms with E-state index in [1.165, 1.54) is 4.90 Å². The Bertz CT molecular complexity index is 548. The van der Waals surface area contributed by atoms with Crippen molar-refractivity contribution in [2.24, 2.45) is 0 Å². The van der Waals surface area contributed by atoms with Crippen LogP contribution in [0, 0.1) is 6.92 Å². The van der Waals surface area contributed by atoms with Crippen LogP contribution in [0.25, 0.3) is 0 Å². The van der Waals surface area contributed by atoms with E-state index in [-0.39, 0.29) is 29.9 Å². The first-order chi connectivity index (χ1) is 7.49. The Morgan fingerprint density at radius 1 is 1.31 bits per heavy atom. The van der Waals surface area contributed by atoms with Gasteiger partial charge in [-0.25, -0.2) is 4.79 Å². The quantitative estimate of drug-likeness (QED) is 0.665. The van der Waals surface area contributed by atoms with Crippen molar-refractivity contribution < 1.29 is 4.79 Å². The van der Waals surface area contributed by atoms with Gasteiger partial charge in [0.05, 0.1) is 5.38 Å². The molecule has 0 bridgehead atoms. The summed E-state index contributed by atoms with van der Waals surface area (Å²) < 4.78 is 0. The average molecular weight is 244 g/mol. The normalized spacial score (nSPS) is 20.5. The molecule has 7 heteroatoms. The van der Waals surface area contributed by atoms with E-state index in [0.717, 1.165) is 0 Å². The summed E-state index contributed by atoms with van der Waals surface area (Å²) in [5.74, 6) is -0.208. The number of nitrogens with one attached hydrogen (secondary N) is 2. The Hall–Kier alpha value is -1.56. The summed E-state index contributed by atoms with van der Waals surface area (Å²) in [6.07, 6.45) is 0.208. The van der Waals surface area contributed by atoms with Crippen LogP contribution in [0.1, 0.15) is 12.1 Å². The first kappa shape index (κ1) is 10.9. The van der Waals surface area contributed by atoms with Gasteiger partial charge < -0.3 is 9.88 Å². The number of hydrogen-bond donors (Lipinski definition) is 2. The Morgan fingerprint density at radius 2 is 2.00 bits per heavy atom. The van der Waals surface area contributed by atoms with Gasteiger partial charge in [0.15, 0.2) is 0 Å². The van der Waals surface area contributed by atoms with Gasteiger partial charge in [0.2, 0.25) is 5.91 Å². The average Bonchev–Trinajstić information content (AvgIpc) is 2.43. The molecule has 1 unspecified atom stereocenters. The molecule has 0 aliphatic carbocycles. The maximum atomic E-state index is 11.6. The molecule has 2 rings (SSSR count). The van der Waals surface area contributed by atoms with Gasteiger partial charge in [0.25, 0.3) is 5.56 Å². The minimum atomic E-state index is -0.583. The topological polar surface area (TPSA) is 86.0 Å². The highest BCUT2D eigenvalue weighted by Gasteiger charge is 2.31. The molecule has 0 aromatic carbocycles. The number of rotatable bonds is 1. The van der Waals surface area contributed by atoms with Crippen molar-refractivity contribution in [3.05, 3.63) is 26.5 Å². The number of aryl methyl sites for hydroxylation is 1. The van der Waals surface area contributed by atoms with Gasteiger partial charge in [-0.05, 0) is 6.92 Å². The fraction of sp³-hybridized carbons (Fsp3) is 0.444. The van der Waals surface area contributed by atoms with Gasteiger partial charge in [-0.3, -0.25) is 14.6 Å². The molecule has 1 fully saturated rings. The maximum absolute atomic E-state index is 11.6. The third-order valence-corrected chi connectivity index (χ3v) is 2.74. The molecule has 1 aromatic rings. The lowest BCUT2D eigenvalue weighted by Crippen LogP contribution is -2.35. The largest absolute Gasteiger partial charge is 0.326 e. The standard InChI is InChI=1S/C9H10ClN3O3/c1-4-7(8(15)12-9(16)11-4)13-3-5(10)2-6(13)14/h5H,2-3H2,1H3,(H2,11,12,15,16). The molecule has 0 radical (unpaired) electrons. The van der Waals surface area contributed by atoms with Gasteiger partial charge >= 0.3 is 5.69 Å². The molecule has 0 saturated carbocycles. The maximum Gasteiger partial charge on any atom is 0.326 e. The summed E-state index contributed by atoms with van der Waals surface area (Å²) in [5, 5.41) is -0.293. The number of carbonyl (C=O) groups excluding carboxylic acids is 1. The lowest BCUT2D eigenvalue weighted by molar-refractivity contribution is -0.117. The van der Waals surface area contributed by atoms with E-state index in [1.54, 1.807) is 6.92 Å². The van der Waals surface area contributed by atoms with Crippen LogP contribution in [-0.4, -0.2) is 27.8 Å². The Labute approximate surface area is 95.2 Å². The molecular formula is C9H10ClN3O3. The number of aromatic nitrogens is 2. The van der Waals surface area contributed by atoms with E-state index >= 15 is 0 Å². The van der Waals surface area contributed by atoms with Crippen LogP contribution >= 0.6 is 11.6 Å². The van der Waals surface area contributed by atoms with Crippen LogP contribution in [0.4, 0.5) is 5.69 Å². The van der Waals surface area contributed by atoms with Crippen LogP contribution in [0.15, 0.2) is 9.59 Å². The van der Waals surface area contributed by atoms with E-state index in [1.807, 2.05) is 0 Å². The third kappa shape index (κ3) is 1.76. The lowest BCUT2D eigenvalue weighted by Gasteiger charge is -2.16. The molecule has 1 saturated heterocycles. The van der Waals surface area contributed by atoms with Crippen molar-refractivity contribution in [1.82, 2.24) is 9.97 Å². The third-order valence-electron chi connectivity index (χ3n) is 2.45. The molecule has 1 aromatic heterocycles. The van der Waals surface area contributed by atoms with E-state index in [2.05, 4.69) is 9.97 Å². The molecule has 1 amide bonds. The Morgan fingerprint density at radius 3 is 2.50 bits per heavy atom. The lowest BCUT2D eigenvalue weighted by atomic mass is 10.3. The molecule has 0 spiro atoms. The summed E-state index contributed by atoms with van der Waals surface area (Å²) >= 11 is 5.84. The molecule has 86 valence electrons. The summed E-state index contributed by atoms with van der Waals surface area (Å²) in [4.78, 5) is 40.0. The van der Waals surface area contributed by atoms with Crippen molar-refractivity contribution in [3.8, 4) is 0 Å². The fourth-order valence-corrected chi connectivity index (χ4v) is 2.07. The van der Waals surface area contributed by atoms with Gasteiger partial charge in [-0.15, -0.1) is 11.6 Å². The van der Waals surface area contributed by atoms with Crippen LogP contribution in [-0.2, 0) is 4.79 Å². The molecule has 1 aliphatic rings. The Balaban J connectivity index is 2.53. The number of amides is 1. The molecule has 1 atom stereocenters. The highest BCUT2D eigenvalue weighted by Crippen LogP contribution is 2.22. The zero-order valence-electron chi connectivity index (χ0n) is 8.54. The van der Waals surface area contributed by atoms with E-state index in [9.17, 15) is 14.4 Å². The highest BCUT2D eigenvalue weighted by molar-refractivity contribution is 6.24. The summed E-state index contributed by atoms with van der Waals surface area (Å²) in [7, 11) is 0. The van der Waals surface area contributed by atoms with Crippen molar-refractivity contribution >= 4 is 23.2 Å². The van der Waals surface area contributed by atoms with Crippen LogP contribution in [0.2, 0.25) is 0 Å². The minimum Gasteiger partial charge on any atom is -0.309 e. The number of anilines is 1. The summed E-state index contributed by atoms with van der Waals surface area (Å²) in [6, 6.07) is 0. The highest BCUT2D eigenvalue weighted by atomic mass is 35.5. The minimum absolute atomic E-state index is 0.174. The molecular weight excluding hydrogens is 234 g/mol. The van der Waals surface area contributed by atoms with Gasteiger partial charge in [0, 0.05) is 18.7 Å². The van der Waals surface area contributed by atoms with Crippen LogP contribution in [0.3, 0.4) is 0 Å². The van der Waals surface area contributed by atoms with Gasteiger partial charge in [-0.1, -0.05) is 0 Å². The fourth-order valence-electron chi connectivity index (χ4n) is 1.80.